The number of carbonyl (C=O) groups is 1. The minimum Gasteiger partial charge on any atom is -0.355 e. The molecule has 0 saturated carbocycles. The highest BCUT2D eigenvalue weighted by molar-refractivity contribution is 5.84. The molecule has 3 nitrogen and oxygen atoms in total. The summed E-state index contributed by atoms with van der Waals surface area (Å²) in [6.45, 7) is 9.64. The van der Waals surface area contributed by atoms with Gasteiger partial charge < -0.3 is 10.2 Å². The van der Waals surface area contributed by atoms with E-state index in [0.29, 0.717) is 13.1 Å². The van der Waals surface area contributed by atoms with Gasteiger partial charge in [-0.2, -0.15) is 0 Å². The number of nitrogens with one attached hydrogen (secondary N) is 1. The average Bonchev–Trinajstić information content (AvgIpc) is 2.26. The Morgan fingerprint density at radius 3 is 2.71 bits per heavy atom. The SMILES string of the molecule is Cc1ccc(C)c(N2CC(=O)NCC2(C)C)c1. The molecule has 1 amide bonds. The van der Waals surface area contributed by atoms with Crippen molar-refractivity contribution in [1.29, 1.82) is 0 Å². The number of carbonyl (C=O) groups excluding carboxylic acids is 1. The molecule has 1 N–H and O–H groups in total. The molecular formula is C14H20N2O. The molecule has 0 atom stereocenters. The molecule has 1 heterocycles. The Kier molecular flexibility index (Phi) is 2.86. The first-order chi connectivity index (χ1) is 7.90. The predicted octanol–water partition coefficient (Wildman–Crippen LogP) is 2.02. The van der Waals surface area contributed by atoms with Gasteiger partial charge in [-0.15, -0.1) is 0 Å². The van der Waals surface area contributed by atoms with Gasteiger partial charge in [-0.25, -0.2) is 0 Å². The monoisotopic (exact) mass is 232 g/mol. The molecule has 0 spiro atoms. The van der Waals surface area contributed by atoms with Crippen molar-refractivity contribution in [3.63, 3.8) is 0 Å². The Balaban J connectivity index is 2.42. The molecule has 2 rings (SSSR count). The van der Waals surface area contributed by atoms with Crippen LogP contribution in [0.4, 0.5) is 5.69 Å². The largest absolute Gasteiger partial charge is 0.355 e. The minimum absolute atomic E-state index is 0.0353. The maximum atomic E-state index is 11.6. The van der Waals surface area contributed by atoms with E-state index in [9.17, 15) is 4.79 Å². The fourth-order valence-corrected chi connectivity index (χ4v) is 2.25. The molecule has 1 aliphatic rings. The summed E-state index contributed by atoms with van der Waals surface area (Å²) >= 11 is 0. The Labute approximate surface area is 103 Å². The number of nitrogens with zero attached hydrogens (tertiary/aromatic N) is 1. The van der Waals surface area contributed by atoms with Crippen LogP contribution in [-0.2, 0) is 4.79 Å². The topological polar surface area (TPSA) is 32.3 Å². The second-order valence-corrected chi connectivity index (χ2v) is 5.47. The van der Waals surface area contributed by atoms with Crippen LogP contribution in [0.15, 0.2) is 18.2 Å². The van der Waals surface area contributed by atoms with Crippen molar-refractivity contribution >= 4 is 11.6 Å². The lowest BCUT2D eigenvalue weighted by Crippen LogP contribution is -2.60. The second-order valence-electron chi connectivity index (χ2n) is 5.47. The van der Waals surface area contributed by atoms with Crippen molar-refractivity contribution in [3.05, 3.63) is 29.3 Å². The van der Waals surface area contributed by atoms with E-state index in [2.05, 4.69) is 56.1 Å². The smallest absolute Gasteiger partial charge is 0.239 e. The first-order valence-corrected chi connectivity index (χ1v) is 6.02. The van der Waals surface area contributed by atoms with Gasteiger partial charge in [0.05, 0.1) is 12.1 Å². The summed E-state index contributed by atoms with van der Waals surface area (Å²) in [6, 6.07) is 6.39. The number of piperazine rings is 1. The molecule has 0 radical (unpaired) electrons. The van der Waals surface area contributed by atoms with E-state index in [4.69, 9.17) is 0 Å². The van der Waals surface area contributed by atoms with Crippen LogP contribution in [0, 0.1) is 13.8 Å². The third-order valence-electron chi connectivity index (χ3n) is 3.41. The number of anilines is 1. The van der Waals surface area contributed by atoms with Crippen molar-refractivity contribution in [2.75, 3.05) is 18.0 Å². The summed E-state index contributed by atoms with van der Waals surface area (Å²) in [5.74, 6) is 0.102. The third-order valence-corrected chi connectivity index (χ3v) is 3.41. The molecule has 0 aliphatic carbocycles. The van der Waals surface area contributed by atoms with Crippen LogP contribution in [0.5, 0.6) is 0 Å². The van der Waals surface area contributed by atoms with Crippen LogP contribution in [0.3, 0.4) is 0 Å². The predicted molar refractivity (Wildman–Crippen MR) is 70.4 cm³/mol. The molecule has 1 saturated heterocycles. The highest BCUT2D eigenvalue weighted by Crippen LogP contribution is 2.29. The molecular weight excluding hydrogens is 212 g/mol. The van der Waals surface area contributed by atoms with Gasteiger partial charge in [0.2, 0.25) is 5.91 Å². The van der Waals surface area contributed by atoms with E-state index in [1.54, 1.807) is 0 Å². The van der Waals surface area contributed by atoms with E-state index in [0.717, 1.165) is 0 Å². The number of benzene rings is 1. The van der Waals surface area contributed by atoms with Gasteiger partial charge in [0.15, 0.2) is 0 Å². The molecule has 1 aromatic rings. The number of rotatable bonds is 1. The van der Waals surface area contributed by atoms with Gasteiger partial charge in [0.1, 0.15) is 0 Å². The lowest BCUT2D eigenvalue weighted by molar-refractivity contribution is -0.121. The van der Waals surface area contributed by atoms with E-state index in [-0.39, 0.29) is 11.4 Å². The van der Waals surface area contributed by atoms with E-state index >= 15 is 0 Å². The van der Waals surface area contributed by atoms with Crippen LogP contribution in [0.25, 0.3) is 0 Å². The maximum Gasteiger partial charge on any atom is 0.239 e. The fraction of sp³-hybridized carbons (Fsp3) is 0.500. The van der Waals surface area contributed by atoms with Crippen molar-refractivity contribution < 1.29 is 4.79 Å². The van der Waals surface area contributed by atoms with Gasteiger partial charge >= 0.3 is 0 Å². The molecule has 1 aliphatic heterocycles. The van der Waals surface area contributed by atoms with Crippen LogP contribution < -0.4 is 10.2 Å². The molecule has 1 fully saturated rings. The maximum absolute atomic E-state index is 11.6. The zero-order valence-electron chi connectivity index (χ0n) is 11.0. The molecule has 0 aromatic heterocycles. The van der Waals surface area contributed by atoms with Crippen molar-refractivity contribution in [2.45, 2.75) is 33.2 Å². The Bertz CT molecular complexity index is 452. The molecule has 0 bridgehead atoms. The molecule has 1 aromatic carbocycles. The number of amides is 1. The minimum atomic E-state index is -0.0353. The van der Waals surface area contributed by atoms with Crippen LogP contribution in [-0.4, -0.2) is 24.5 Å². The number of hydrogen-bond acceptors (Lipinski definition) is 2. The van der Waals surface area contributed by atoms with Crippen molar-refractivity contribution in [1.82, 2.24) is 5.32 Å². The summed E-state index contributed by atoms with van der Waals surface area (Å²) in [7, 11) is 0. The van der Waals surface area contributed by atoms with Gasteiger partial charge in [-0.3, -0.25) is 4.79 Å². The average molecular weight is 232 g/mol. The summed E-state index contributed by atoms with van der Waals surface area (Å²) in [4.78, 5) is 13.8. The van der Waals surface area contributed by atoms with Crippen molar-refractivity contribution in [3.8, 4) is 0 Å². The summed E-state index contributed by atoms with van der Waals surface area (Å²) in [6.07, 6.45) is 0. The molecule has 0 unspecified atom stereocenters. The lowest BCUT2D eigenvalue weighted by atomic mass is 9.97. The first kappa shape index (κ1) is 12.0. The summed E-state index contributed by atoms with van der Waals surface area (Å²) < 4.78 is 0. The Morgan fingerprint density at radius 1 is 1.29 bits per heavy atom. The Hall–Kier alpha value is -1.51. The number of aryl methyl sites for hydroxylation is 2. The zero-order chi connectivity index (χ0) is 12.6. The van der Waals surface area contributed by atoms with Crippen LogP contribution in [0.1, 0.15) is 25.0 Å². The summed E-state index contributed by atoms with van der Waals surface area (Å²) in [5.41, 5.74) is 3.59. The summed E-state index contributed by atoms with van der Waals surface area (Å²) in [5, 5.41) is 2.93. The number of hydrogen-bond donors (Lipinski definition) is 1. The lowest BCUT2D eigenvalue weighted by Gasteiger charge is -2.44. The van der Waals surface area contributed by atoms with Crippen molar-refractivity contribution in [2.24, 2.45) is 0 Å². The fourth-order valence-electron chi connectivity index (χ4n) is 2.25. The molecule has 17 heavy (non-hydrogen) atoms. The molecule has 3 heteroatoms. The van der Waals surface area contributed by atoms with E-state index < -0.39 is 0 Å². The van der Waals surface area contributed by atoms with Gasteiger partial charge in [0, 0.05) is 12.2 Å². The highest BCUT2D eigenvalue weighted by Gasteiger charge is 2.33. The first-order valence-electron chi connectivity index (χ1n) is 6.02. The zero-order valence-corrected chi connectivity index (χ0v) is 11.0. The normalized spacial score (nSPS) is 19.1. The van der Waals surface area contributed by atoms with E-state index in [1.807, 2.05) is 0 Å². The standard InChI is InChI=1S/C14H20N2O/c1-10-5-6-11(2)12(7-10)16-8-13(17)15-9-14(16,3)4/h5-7H,8-9H2,1-4H3,(H,15,17). The van der Waals surface area contributed by atoms with Gasteiger partial charge in [-0.1, -0.05) is 12.1 Å². The Morgan fingerprint density at radius 2 is 2.00 bits per heavy atom. The van der Waals surface area contributed by atoms with Crippen LogP contribution >= 0.6 is 0 Å². The third kappa shape index (κ3) is 2.28. The molecule has 92 valence electrons. The second kappa shape index (κ2) is 4.06. The van der Waals surface area contributed by atoms with E-state index in [1.165, 1.54) is 16.8 Å². The van der Waals surface area contributed by atoms with Crippen LogP contribution in [0.2, 0.25) is 0 Å². The van der Waals surface area contributed by atoms with Gasteiger partial charge in [0.25, 0.3) is 0 Å². The van der Waals surface area contributed by atoms with Gasteiger partial charge in [-0.05, 0) is 44.9 Å². The quantitative estimate of drug-likeness (QED) is 0.803. The highest BCUT2D eigenvalue weighted by atomic mass is 16.2.